The molecule has 228 valence electrons. The molecule has 0 saturated carbocycles. The summed E-state index contributed by atoms with van der Waals surface area (Å²) in [7, 11) is -1.35. The number of hydrogen-bond donors (Lipinski definition) is 1. The molecule has 0 fully saturated rings. The van der Waals surface area contributed by atoms with E-state index in [9.17, 15) is 24.5 Å². The molecule has 13 heteroatoms. The number of ether oxygens (including phenoxy) is 1. The lowest BCUT2D eigenvalue weighted by Crippen LogP contribution is -2.52. The van der Waals surface area contributed by atoms with Crippen molar-refractivity contribution in [2.24, 2.45) is 5.41 Å². The summed E-state index contributed by atoms with van der Waals surface area (Å²) < 4.78 is 54.3. The van der Waals surface area contributed by atoms with E-state index in [2.05, 4.69) is 31.3 Å². The third-order valence-electron chi connectivity index (χ3n) is 6.66. The highest BCUT2D eigenvalue weighted by Gasteiger charge is 2.62. The zero-order chi connectivity index (χ0) is 32.3. The van der Waals surface area contributed by atoms with Crippen LogP contribution < -0.4 is 5.69 Å². The maximum absolute atomic E-state index is 15.7. The van der Waals surface area contributed by atoms with E-state index in [-0.39, 0.29) is 23.3 Å². The monoisotopic (exact) mass is 685 g/mol. The molecule has 4 rings (SSSR count). The zero-order valence-corrected chi connectivity index (χ0v) is 26.3. The van der Waals surface area contributed by atoms with Gasteiger partial charge < -0.3 is 9.84 Å². The van der Waals surface area contributed by atoms with Gasteiger partial charge >= 0.3 is 32.2 Å². The van der Waals surface area contributed by atoms with Crippen LogP contribution in [0.5, 0.6) is 0 Å². The standard InChI is InChI=1S/C31H27BrF2N3O6P/c1-29(2,3)27(38)42-31(40,43-44-41)30(33,34)24-14-11-22(15-25(24)32)18-37-26(23-12-9-20(16-35)10-13-23)19-36(28(37)39)17-21-7-5-4-6-8-21/h4-15,19,40H,17-18H2,1-3H3. The number of nitrogens with zero attached hydrogens (tertiary/aromatic N) is 3. The molecule has 1 unspecified atom stereocenters. The minimum atomic E-state index is -4.38. The van der Waals surface area contributed by atoms with Gasteiger partial charge in [0.05, 0.1) is 35.8 Å². The van der Waals surface area contributed by atoms with E-state index < -0.39 is 37.5 Å². The number of nitriles is 1. The molecule has 1 N–H and O–H groups in total. The summed E-state index contributed by atoms with van der Waals surface area (Å²) in [5.74, 6) is -9.49. The van der Waals surface area contributed by atoms with Gasteiger partial charge in [-0.25, -0.2) is 13.9 Å². The van der Waals surface area contributed by atoms with Crippen molar-refractivity contribution in [2.45, 2.75) is 45.8 Å². The topological polar surface area (TPSA) is 124 Å². The molecule has 0 aliphatic carbocycles. The lowest BCUT2D eigenvalue weighted by Gasteiger charge is -2.34. The van der Waals surface area contributed by atoms with Gasteiger partial charge in [0, 0.05) is 16.2 Å². The molecule has 44 heavy (non-hydrogen) atoms. The second kappa shape index (κ2) is 12.9. The van der Waals surface area contributed by atoms with Gasteiger partial charge in [0.2, 0.25) is 0 Å². The number of aliphatic hydroxyl groups is 1. The van der Waals surface area contributed by atoms with Gasteiger partial charge in [-0.1, -0.05) is 70.5 Å². The quantitative estimate of drug-likeness (QED) is 0.113. The molecule has 0 amide bonds. The van der Waals surface area contributed by atoms with Crippen LogP contribution in [-0.2, 0) is 37.6 Å². The first-order valence-corrected chi connectivity index (χ1v) is 14.7. The Morgan fingerprint density at radius 1 is 1.02 bits per heavy atom. The second-order valence-electron chi connectivity index (χ2n) is 11.0. The van der Waals surface area contributed by atoms with Crippen LogP contribution in [0.2, 0.25) is 0 Å². The zero-order valence-electron chi connectivity index (χ0n) is 23.8. The number of carbonyl (C=O) groups is 1. The summed E-state index contributed by atoms with van der Waals surface area (Å²) in [4.78, 5) is 26.0. The van der Waals surface area contributed by atoms with Crippen LogP contribution in [0, 0.1) is 16.7 Å². The fraction of sp³-hybridized carbons (Fsp3) is 0.258. The Morgan fingerprint density at radius 3 is 2.25 bits per heavy atom. The number of imidazole rings is 1. The van der Waals surface area contributed by atoms with Gasteiger partial charge in [0.1, 0.15) is 0 Å². The first kappa shape index (κ1) is 32.9. The fourth-order valence-corrected chi connectivity index (χ4v) is 5.18. The molecule has 3 aromatic carbocycles. The predicted octanol–water partition coefficient (Wildman–Crippen LogP) is 6.60. The third kappa shape index (κ3) is 6.87. The van der Waals surface area contributed by atoms with Gasteiger partial charge in [0.15, 0.2) is 0 Å². The molecular formula is C31H27BrF2N3O6P. The number of alkyl halides is 2. The highest BCUT2D eigenvalue weighted by atomic mass is 79.9. The van der Waals surface area contributed by atoms with Gasteiger partial charge in [-0.3, -0.25) is 13.9 Å². The van der Waals surface area contributed by atoms with Gasteiger partial charge in [-0.15, -0.1) is 0 Å². The number of benzene rings is 3. The predicted molar refractivity (Wildman–Crippen MR) is 161 cm³/mol. The number of aromatic nitrogens is 2. The Hall–Kier alpha value is -4.01. The van der Waals surface area contributed by atoms with Crippen molar-refractivity contribution in [1.29, 1.82) is 5.26 Å². The smallest absolute Gasteiger partial charge is 0.402 e. The summed E-state index contributed by atoms with van der Waals surface area (Å²) in [6.45, 7) is 4.41. The van der Waals surface area contributed by atoms with Gasteiger partial charge in [-0.05, 0) is 55.7 Å². The summed E-state index contributed by atoms with van der Waals surface area (Å²) in [6.07, 6.45) is 1.69. The molecule has 0 saturated heterocycles. The number of hydrogen-bond acceptors (Lipinski definition) is 7. The molecule has 0 spiro atoms. The van der Waals surface area contributed by atoms with Crippen molar-refractivity contribution in [1.82, 2.24) is 9.13 Å². The average molecular weight is 686 g/mol. The summed E-state index contributed by atoms with van der Waals surface area (Å²) in [5.41, 5.74) is 0.504. The fourth-order valence-electron chi connectivity index (χ4n) is 4.26. The largest absolute Gasteiger partial charge is 0.409 e. The molecule has 9 nitrogen and oxygen atoms in total. The highest BCUT2D eigenvalue weighted by Crippen LogP contribution is 2.46. The summed E-state index contributed by atoms with van der Waals surface area (Å²) >= 11 is 3.10. The minimum Gasteiger partial charge on any atom is -0.402 e. The van der Waals surface area contributed by atoms with Crippen molar-refractivity contribution in [3.8, 4) is 17.3 Å². The maximum Gasteiger partial charge on any atom is 0.409 e. The van der Waals surface area contributed by atoms with Crippen LogP contribution in [0.25, 0.3) is 11.3 Å². The lowest BCUT2D eigenvalue weighted by molar-refractivity contribution is -0.397. The molecule has 1 aromatic heterocycles. The van der Waals surface area contributed by atoms with E-state index in [0.29, 0.717) is 22.4 Å². The molecule has 0 aliphatic heterocycles. The second-order valence-corrected chi connectivity index (χ2v) is 12.1. The Balaban J connectivity index is 1.73. The van der Waals surface area contributed by atoms with Crippen LogP contribution in [0.4, 0.5) is 8.78 Å². The van der Waals surface area contributed by atoms with Crippen LogP contribution in [0.15, 0.2) is 88.3 Å². The molecule has 0 radical (unpaired) electrons. The first-order valence-electron chi connectivity index (χ1n) is 13.2. The van der Waals surface area contributed by atoms with E-state index in [1.165, 1.54) is 42.0 Å². The van der Waals surface area contributed by atoms with Crippen LogP contribution >= 0.6 is 24.6 Å². The van der Waals surface area contributed by atoms with E-state index in [0.717, 1.165) is 11.6 Å². The lowest BCUT2D eigenvalue weighted by atomic mass is 9.97. The molecule has 0 bridgehead atoms. The minimum absolute atomic E-state index is 0.0284. The Kier molecular flexibility index (Phi) is 9.66. The Morgan fingerprint density at radius 2 is 1.68 bits per heavy atom. The third-order valence-corrected chi connectivity index (χ3v) is 7.64. The van der Waals surface area contributed by atoms with E-state index in [1.807, 2.05) is 30.3 Å². The number of esters is 1. The highest BCUT2D eigenvalue weighted by molar-refractivity contribution is 9.10. The van der Waals surface area contributed by atoms with Crippen molar-refractivity contribution in [3.05, 3.63) is 116 Å². The normalized spacial score (nSPS) is 13.3. The van der Waals surface area contributed by atoms with Crippen LogP contribution in [-0.4, -0.2) is 26.2 Å². The Labute approximate surface area is 261 Å². The van der Waals surface area contributed by atoms with Crippen LogP contribution in [0.1, 0.15) is 43.0 Å². The van der Waals surface area contributed by atoms with E-state index in [4.69, 9.17) is 0 Å². The number of rotatable bonds is 10. The van der Waals surface area contributed by atoms with Crippen LogP contribution in [0.3, 0.4) is 0 Å². The van der Waals surface area contributed by atoms with Crippen molar-refractivity contribution in [3.63, 3.8) is 0 Å². The maximum atomic E-state index is 15.7. The average Bonchev–Trinajstić information content (AvgIpc) is 3.27. The van der Waals surface area contributed by atoms with Crippen molar-refractivity contribution in [2.75, 3.05) is 0 Å². The molecular weight excluding hydrogens is 659 g/mol. The number of carbonyl (C=O) groups excluding carboxylic acids is 1. The molecule has 0 aliphatic rings. The van der Waals surface area contributed by atoms with E-state index >= 15 is 8.78 Å². The summed E-state index contributed by atoms with van der Waals surface area (Å²) in [6, 6.07) is 21.7. The molecule has 1 atom stereocenters. The Bertz CT molecular complexity index is 1780. The number of halogens is 3. The molecule has 1 heterocycles. The van der Waals surface area contributed by atoms with Crippen molar-refractivity contribution >= 4 is 30.6 Å². The van der Waals surface area contributed by atoms with E-state index in [1.54, 1.807) is 30.5 Å². The summed E-state index contributed by atoms with van der Waals surface area (Å²) in [5, 5.41) is 19.8. The first-order chi connectivity index (χ1) is 20.7. The SMILES string of the molecule is CC(C)(C)C(=O)OC(O)(OP=O)C(F)(F)c1ccc(Cn2c(-c3ccc(C#N)cc3)cn(Cc3ccccc3)c2=O)cc1Br. The van der Waals surface area contributed by atoms with Gasteiger partial charge in [0.25, 0.3) is 0 Å². The van der Waals surface area contributed by atoms with Crippen molar-refractivity contribution < 1.29 is 32.5 Å². The molecule has 4 aromatic rings. The van der Waals surface area contributed by atoms with Gasteiger partial charge in [-0.2, -0.15) is 14.0 Å².